The van der Waals surface area contributed by atoms with Gasteiger partial charge in [-0.3, -0.25) is 9.69 Å². The molecule has 1 amide bonds. The van der Waals surface area contributed by atoms with Gasteiger partial charge in [0.05, 0.1) is 36.0 Å². The van der Waals surface area contributed by atoms with Crippen LogP contribution in [0.5, 0.6) is 0 Å². The summed E-state index contributed by atoms with van der Waals surface area (Å²) in [7, 11) is 0. The quantitative estimate of drug-likeness (QED) is 0.667. The highest BCUT2D eigenvalue weighted by Crippen LogP contribution is 2.38. The van der Waals surface area contributed by atoms with Crippen molar-refractivity contribution in [2.24, 2.45) is 5.73 Å². The van der Waals surface area contributed by atoms with Crippen LogP contribution < -0.4 is 10.6 Å². The van der Waals surface area contributed by atoms with Crippen LogP contribution in [0.1, 0.15) is 44.6 Å². The van der Waals surface area contributed by atoms with Crippen LogP contribution in [0.15, 0.2) is 18.2 Å². The third-order valence-corrected chi connectivity index (χ3v) is 5.26. The molecule has 0 spiro atoms. The van der Waals surface area contributed by atoms with Gasteiger partial charge < -0.3 is 10.6 Å². The van der Waals surface area contributed by atoms with Crippen molar-refractivity contribution < 1.29 is 18.0 Å². The van der Waals surface area contributed by atoms with Gasteiger partial charge in [0.15, 0.2) is 10.9 Å². The molecule has 1 aliphatic rings. The predicted octanol–water partition coefficient (Wildman–Crippen LogP) is 2.21. The van der Waals surface area contributed by atoms with E-state index in [0.29, 0.717) is 6.54 Å². The fourth-order valence-corrected chi connectivity index (χ4v) is 3.73. The first-order valence-corrected chi connectivity index (χ1v) is 9.89. The zero-order valence-corrected chi connectivity index (χ0v) is 18.6. The highest BCUT2D eigenvalue weighted by molar-refractivity contribution is 7.80. The molecule has 0 aliphatic carbocycles. The number of tetrazole rings is 1. The molecule has 1 saturated heterocycles. The Balaban J connectivity index is 1.93. The van der Waals surface area contributed by atoms with Crippen LogP contribution in [0, 0.1) is 11.3 Å². The number of carbonyl (C=O) groups is 1. The van der Waals surface area contributed by atoms with Gasteiger partial charge in [-0.25, -0.2) is 0 Å². The maximum Gasteiger partial charge on any atom is 0.417 e. The maximum atomic E-state index is 13.4. The average molecular weight is 466 g/mol. The molecule has 1 fully saturated rings. The van der Waals surface area contributed by atoms with Crippen molar-refractivity contribution in [2.75, 3.05) is 4.90 Å². The van der Waals surface area contributed by atoms with Crippen molar-refractivity contribution in [1.82, 2.24) is 25.1 Å². The lowest BCUT2D eigenvalue weighted by atomic mass is 10.0. The molecule has 170 valence electrons. The van der Waals surface area contributed by atoms with Crippen molar-refractivity contribution in [3.8, 4) is 6.07 Å². The molecular formula is C19H21F3N8OS. The lowest BCUT2D eigenvalue weighted by molar-refractivity contribution is -0.137. The van der Waals surface area contributed by atoms with Gasteiger partial charge in [0, 0.05) is 5.54 Å². The first-order chi connectivity index (χ1) is 14.6. The van der Waals surface area contributed by atoms with Crippen molar-refractivity contribution in [1.29, 1.82) is 5.26 Å². The summed E-state index contributed by atoms with van der Waals surface area (Å²) < 4.78 is 40.2. The van der Waals surface area contributed by atoms with Gasteiger partial charge in [-0.05, 0) is 63.3 Å². The summed E-state index contributed by atoms with van der Waals surface area (Å²) in [4.78, 5) is 17.0. The van der Waals surface area contributed by atoms with E-state index in [1.165, 1.54) is 21.8 Å². The molecule has 2 N–H and O–H groups in total. The summed E-state index contributed by atoms with van der Waals surface area (Å²) in [6.07, 6.45) is -4.76. The summed E-state index contributed by atoms with van der Waals surface area (Å²) in [5.74, 6) is -0.244. The smallest absolute Gasteiger partial charge is 0.327 e. The molecule has 0 atom stereocenters. The van der Waals surface area contributed by atoms with Gasteiger partial charge >= 0.3 is 6.18 Å². The van der Waals surface area contributed by atoms with Crippen LogP contribution in [-0.4, -0.2) is 47.2 Å². The molecule has 32 heavy (non-hydrogen) atoms. The second-order valence-corrected chi connectivity index (χ2v) is 9.00. The number of hydrogen-bond donors (Lipinski definition) is 1. The van der Waals surface area contributed by atoms with Gasteiger partial charge in [0.2, 0.25) is 0 Å². The fourth-order valence-electron chi connectivity index (χ4n) is 3.24. The number of amides is 1. The zero-order chi connectivity index (χ0) is 24.1. The van der Waals surface area contributed by atoms with Crippen LogP contribution in [0.2, 0.25) is 0 Å². The van der Waals surface area contributed by atoms with Gasteiger partial charge in [0.25, 0.3) is 5.91 Å². The third kappa shape index (κ3) is 4.42. The highest BCUT2D eigenvalue weighted by atomic mass is 32.1. The number of aromatic nitrogens is 4. The second-order valence-electron chi connectivity index (χ2n) is 8.63. The van der Waals surface area contributed by atoms with E-state index in [1.807, 2.05) is 0 Å². The number of hydrogen-bond acceptors (Lipinski definition) is 7. The van der Waals surface area contributed by atoms with E-state index in [1.54, 1.807) is 27.7 Å². The Labute approximate surface area is 187 Å². The number of halogens is 3. The summed E-state index contributed by atoms with van der Waals surface area (Å²) >= 11 is 5.44. The highest BCUT2D eigenvalue weighted by Gasteiger charge is 2.50. The molecule has 13 heteroatoms. The average Bonchev–Trinajstić information content (AvgIpc) is 3.16. The first kappa shape index (κ1) is 23.6. The van der Waals surface area contributed by atoms with Gasteiger partial charge in [-0.2, -0.15) is 23.2 Å². The van der Waals surface area contributed by atoms with E-state index < -0.39 is 34.3 Å². The topological polar surface area (TPSA) is 117 Å². The number of benzene rings is 1. The third-order valence-electron chi connectivity index (χ3n) is 4.85. The van der Waals surface area contributed by atoms with Crippen molar-refractivity contribution in [3.63, 3.8) is 0 Å². The van der Waals surface area contributed by atoms with Gasteiger partial charge in [-0.1, -0.05) is 0 Å². The lowest BCUT2D eigenvalue weighted by Gasteiger charge is -2.28. The summed E-state index contributed by atoms with van der Waals surface area (Å²) in [6.45, 7) is 7.13. The van der Waals surface area contributed by atoms with Crippen molar-refractivity contribution >= 4 is 28.9 Å². The largest absolute Gasteiger partial charge is 0.417 e. The fraction of sp³-hybridized carbons (Fsp3) is 0.474. The summed E-state index contributed by atoms with van der Waals surface area (Å²) in [6, 6.07) is 4.55. The monoisotopic (exact) mass is 466 g/mol. The summed E-state index contributed by atoms with van der Waals surface area (Å²) in [5, 5.41) is 21.2. The van der Waals surface area contributed by atoms with E-state index in [4.69, 9.17) is 23.2 Å². The predicted molar refractivity (Wildman–Crippen MR) is 112 cm³/mol. The molecule has 9 nitrogen and oxygen atoms in total. The Morgan fingerprint density at radius 1 is 1.28 bits per heavy atom. The number of anilines is 1. The Morgan fingerprint density at radius 3 is 2.50 bits per heavy atom. The molecule has 2 aromatic rings. The Bertz CT molecular complexity index is 1110. The Hall–Kier alpha value is -3.11. The molecule has 1 aromatic heterocycles. The molecular weight excluding hydrogens is 445 g/mol. The zero-order valence-electron chi connectivity index (χ0n) is 17.8. The Morgan fingerprint density at radius 2 is 1.94 bits per heavy atom. The molecule has 3 rings (SSSR count). The van der Waals surface area contributed by atoms with Crippen LogP contribution in [0.25, 0.3) is 0 Å². The van der Waals surface area contributed by atoms with E-state index in [9.17, 15) is 18.0 Å². The number of alkyl halides is 3. The number of nitriles is 1. The van der Waals surface area contributed by atoms with Gasteiger partial charge in [0.1, 0.15) is 5.54 Å². The number of carbonyl (C=O) groups excluding carboxylic acids is 1. The molecule has 1 aliphatic heterocycles. The van der Waals surface area contributed by atoms with Crippen LogP contribution >= 0.6 is 12.2 Å². The SMILES string of the molecule is CC(C)(N)Cn1nnc(CN2C(=S)N(c3ccc(C#N)c(C(F)(F)F)c3)C(=O)C2(C)C)n1. The maximum absolute atomic E-state index is 13.4. The summed E-state index contributed by atoms with van der Waals surface area (Å²) in [5.41, 5.74) is 2.45. The van der Waals surface area contributed by atoms with E-state index in [0.717, 1.165) is 17.0 Å². The van der Waals surface area contributed by atoms with Crippen molar-refractivity contribution in [3.05, 3.63) is 35.2 Å². The first-order valence-electron chi connectivity index (χ1n) is 9.48. The standard InChI is InChI=1S/C19H21F3N8OS/c1-17(2,24)10-29-26-14(25-27-29)9-28-16(32)30(15(31)18(28,3)4)12-6-5-11(8-23)13(7-12)19(20,21)22/h5-7H,9-10,24H2,1-4H3. The van der Waals surface area contributed by atoms with Crippen LogP contribution in [-0.2, 0) is 24.1 Å². The van der Waals surface area contributed by atoms with Crippen LogP contribution in [0.4, 0.5) is 18.9 Å². The Kier molecular flexibility index (Phi) is 5.73. The second kappa shape index (κ2) is 7.79. The minimum Gasteiger partial charge on any atom is -0.327 e. The molecule has 0 saturated carbocycles. The lowest BCUT2D eigenvalue weighted by Crippen LogP contribution is -2.44. The number of rotatable bonds is 5. The number of nitrogens with two attached hydrogens (primary N) is 1. The van der Waals surface area contributed by atoms with E-state index >= 15 is 0 Å². The number of nitrogens with zero attached hydrogens (tertiary/aromatic N) is 7. The molecule has 2 heterocycles. The van der Waals surface area contributed by atoms with E-state index in [2.05, 4.69) is 15.4 Å². The molecule has 0 unspecified atom stereocenters. The number of thiocarbonyl (C=S) groups is 1. The molecule has 1 aromatic carbocycles. The minimum absolute atomic E-state index is 0.00617. The van der Waals surface area contributed by atoms with Gasteiger partial charge in [-0.15, -0.1) is 10.2 Å². The molecule has 0 bridgehead atoms. The molecule has 0 radical (unpaired) electrons. The minimum atomic E-state index is -4.76. The van der Waals surface area contributed by atoms with E-state index in [-0.39, 0.29) is 23.2 Å². The van der Waals surface area contributed by atoms with Crippen LogP contribution in [0.3, 0.4) is 0 Å². The normalized spacial score (nSPS) is 16.6. The van der Waals surface area contributed by atoms with Crippen molar-refractivity contribution in [2.45, 2.75) is 58.0 Å².